The first-order chi connectivity index (χ1) is 12.1. The van der Waals surface area contributed by atoms with Gasteiger partial charge in [0.2, 0.25) is 0 Å². The maximum Gasteiger partial charge on any atom is 0.340 e. The molecule has 0 fully saturated rings. The van der Waals surface area contributed by atoms with E-state index in [4.69, 9.17) is 4.74 Å². The molecule has 0 aliphatic carbocycles. The van der Waals surface area contributed by atoms with Crippen LogP contribution in [0.4, 0.5) is 10.1 Å². The van der Waals surface area contributed by atoms with Gasteiger partial charge in [-0.25, -0.2) is 9.18 Å². The normalized spacial score (nSPS) is 10.3. The second-order valence-electron chi connectivity index (χ2n) is 5.18. The van der Waals surface area contributed by atoms with E-state index in [0.717, 1.165) is 0 Å². The first kappa shape index (κ1) is 16.9. The van der Waals surface area contributed by atoms with Gasteiger partial charge in [-0.2, -0.15) is 11.3 Å². The van der Waals surface area contributed by atoms with E-state index in [1.165, 1.54) is 17.4 Å². The highest BCUT2D eigenvalue weighted by Gasteiger charge is 2.16. The number of ether oxygens (including phenoxy) is 1. The number of esters is 1. The van der Waals surface area contributed by atoms with Gasteiger partial charge in [0.25, 0.3) is 5.91 Å². The molecule has 0 bridgehead atoms. The van der Waals surface area contributed by atoms with Crippen molar-refractivity contribution in [3.05, 3.63) is 87.9 Å². The Kier molecular flexibility index (Phi) is 5.20. The van der Waals surface area contributed by atoms with Crippen molar-refractivity contribution in [2.24, 2.45) is 0 Å². The number of carbonyl (C=O) groups excluding carboxylic acids is 2. The molecule has 1 amide bonds. The number of hydrogen-bond acceptors (Lipinski definition) is 4. The van der Waals surface area contributed by atoms with E-state index in [1.54, 1.807) is 59.3 Å². The first-order valence-corrected chi connectivity index (χ1v) is 8.42. The highest BCUT2D eigenvalue weighted by Crippen LogP contribution is 2.19. The lowest BCUT2D eigenvalue weighted by atomic mass is 10.1. The van der Waals surface area contributed by atoms with E-state index >= 15 is 0 Å². The number of hydrogen-bond donors (Lipinski definition) is 1. The average molecular weight is 355 g/mol. The molecule has 1 N–H and O–H groups in total. The maximum atomic E-state index is 13.6. The van der Waals surface area contributed by atoms with Gasteiger partial charge in [0.15, 0.2) is 0 Å². The second-order valence-corrected chi connectivity index (χ2v) is 5.96. The molecule has 4 nitrogen and oxygen atoms in total. The zero-order valence-corrected chi connectivity index (χ0v) is 13.9. The third kappa shape index (κ3) is 4.10. The number of para-hydroxylation sites is 1. The van der Waals surface area contributed by atoms with Crippen molar-refractivity contribution in [1.29, 1.82) is 0 Å². The fourth-order valence-corrected chi connectivity index (χ4v) is 2.83. The van der Waals surface area contributed by atoms with Gasteiger partial charge < -0.3 is 10.1 Å². The molecule has 6 heteroatoms. The van der Waals surface area contributed by atoms with Crippen LogP contribution in [0.25, 0.3) is 0 Å². The van der Waals surface area contributed by atoms with Gasteiger partial charge in [-0.1, -0.05) is 30.3 Å². The van der Waals surface area contributed by atoms with Crippen molar-refractivity contribution in [3.8, 4) is 0 Å². The summed E-state index contributed by atoms with van der Waals surface area (Å²) in [7, 11) is 0. The molecule has 0 atom stereocenters. The quantitative estimate of drug-likeness (QED) is 0.686. The van der Waals surface area contributed by atoms with Crippen LogP contribution in [0.3, 0.4) is 0 Å². The maximum absolute atomic E-state index is 13.6. The van der Waals surface area contributed by atoms with Crippen LogP contribution in [0, 0.1) is 5.82 Å². The van der Waals surface area contributed by atoms with Crippen LogP contribution in [0.5, 0.6) is 0 Å². The number of amides is 1. The van der Waals surface area contributed by atoms with Crippen LogP contribution < -0.4 is 5.32 Å². The number of carbonyl (C=O) groups is 2. The highest BCUT2D eigenvalue weighted by atomic mass is 32.1. The summed E-state index contributed by atoms with van der Waals surface area (Å²) in [4.78, 5) is 24.5. The zero-order chi connectivity index (χ0) is 17.6. The SMILES string of the molecule is O=C(Nc1ccccc1C(=O)OCc1ccccc1F)c1ccsc1. The Hall–Kier alpha value is -2.99. The van der Waals surface area contributed by atoms with Crippen LogP contribution in [0.2, 0.25) is 0 Å². The lowest BCUT2D eigenvalue weighted by Gasteiger charge is -2.11. The van der Waals surface area contributed by atoms with Gasteiger partial charge in [-0.15, -0.1) is 0 Å². The molecule has 0 saturated carbocycles. The van der Waals surface area contributed by atoms with Crippen molar-refractivity contribution in [2.75, 3.05) is 5.32 Å². The Balaban J connectivity index is 1.72. The van der Waals surface area contributed by atoms with E-state index < -0.39 is 11.8 Å². The largest absolute Gasteiger partial charge is 0.457 e. The molecular weight excluding hydrogens is 341 g/mol. The molecule has 0 aliphatic rings. The molecule has 3 aromatic rings. The summed E-state index contributed by atoms with van der Waals surface area (Å²) in [5.41, 5.74) is 1.36. The monoisotopic (exact) mass is 355 g/mol. The lowest BCUT2D eigenvalue weighted by molar-refractivity contribution is 0.0470. The minimum Gasteiger partial charge on any atom is -0.457 e. The van der Waals surface area contributed by atoms with E-state index in [9.17, 15) is 14.0 Å². The highest BCUT2D eigenvalue weighted by molar-refractivity contribution is 7.08. The predicted molar refractivity (Wildman–Crippen MR) is 94.2 cm³/mol. The van der Waals surface area contributed by atoms with Crippen molar-refractivity contribution in [1.82, 2.24) is 0 Å². The summed E-state index contributed by atoms with van der Waals surface area (Å²) in [6.07, 6.45) is 0. The molecule has 2 aromatic carbocycles. The van der Waals surface area contributed by atoms with Crippen LogP contribution in [0.15, 0.2) is 65.4 Å². The third-order valence-electron chi connectivity index (χ3n) is 3.50. The number of halogens is 1. The van der Waals surface area contributed by atoms with E-state index in [-0.39, 0.29) is 23.6 Å². The summed E-state index contributed by atoms with van der Waals surface area (Å²) in [5.74, 6) is -1.38. The Morgan fingerprint density at radius 2 is 1.80 bits per heavy atom. The molecule has 0 aliphatic heterocycles. The Labute approximate surface area is 147 Å². The van der Waals surface area contributed by atoms with Crippen molar-refractivity contribution in [2.45, 2.75) is 6.61 Å². The summed E-state index contributed by atoms with van der Waals surface area (Å²) in [6, 6.07) is 14.3. The number of rotatable bonds is 5. The third-order valence-corrected chi connectivity index (χ3v) is 4.18. The van der Waals surface area contributed by atoms with E-state index in [1.807, 2.05) is 0 Å². The molecule has 126 valence electrons. The van der Waals surface area contributed by atoms with Gasteiger partial charge in [0.05, 0.1) is 16.8 Å². The van der Waals surface area contributed by atoms with Crippen molar-refractivity contribution >= 4 is 28.9 Å². The van der Waals surface area contributed by atoms with Gasteiger partial charge in [0, 0.05) is 10.9 Å². The second kappa shape index (κ2) is 7.72. The van der Waals surface area contributed by atoms with Crippen molar-refractivity contribution < 1.29 is 18.7 Å². The topological polar surface area (TPSA) is 55.4 Å². The van der Waals surface area contributed by atoms with Crippen LogP contribution in [-0.2, 0) is 11.3 Å². The Morgan fingerprint density at radius 1 is 1.04 bits per heavy atom. The molecule has 3 rings (SSSR count). The molecule has 0 unspecified atom stereocenters. The molecule has 0 radical (unpaired) electrons. The average Bonchev–Trinajstić information content (AvgIpc) is 3.16. The van der Waals surface area contributed by atoms with E-state index in [0.29, 0.717) is 11.3 Å². The van der Waals surface area contributed by atoms with Crippen LogP contribution >= 0.6 is 11.3 Å². The van der Waals surface area contributed by atoms with Gasteiger partial charge >= 0.3 is 5.97 Å². The predicted octanol–water partition coefficient (Wildman–Crippen LogP) is 4.50. The molecule has 1 heterocycles. The zero-order valence-electron chi connectivity index (χ0n) is 13.1. The fraction of sp³-hybridized carbons (Fsp3) is 0.0526. The number of anilines is 1. The smallest absolute Gasteiger partial charge is 0.340 e. The van der Waals surface area contributed by atoms with Gasteiger partial charge in [-0.3, -0.25) is 4.79 Å². The summed E-state index contributed by atoms with van der Waals surface area (Å²) >= 11 is 1.41. The molecular formula is C19H14FNO3S. The fourth-order valence-electron chi connectivity index (χ4n) is 2.19. The summed E-state index contributed by atoms with van der Waals surface area (Å²) < 4.78 is 18.8. The van der Waals surface area contributed by atoms with Crippen molar-refractivity contribution in [3.63, 3.8) is 0 Å². The number of thiophene rings is 1. The minimum absolute atomic E-state index is 0.182. The first-order valence-electron chi connectivity index (χ1n) is 7.48. The van der Waals surface area contributed by atoms with Gasteiger partial charge in [-0.05, 0) is 29.6 Å². The Bertz CT molecular complexity index is 893. The lowest BCUT2D eigenvalue weighted by Crippen LogP contribution is -2.15. The number of benzene rings is 2. The van der Waals surface area contributed by atoms with E-state index in [2.05, 4.69) is 5.32 Å². The van der Waals surface area contributed by atoms with Crippen LogP contribution in [-0.4, -0.2) is 11.9 Å². The van der Waals surface area contributed by atoms with Gasteiger partial charge in [0.1, 0.15) is 12.4 Å². The molecule has 0 spiro atoms. The molecule has 1 aromatic heterocycles. The minimum atomic E-state index is -0.635. The standard InChI is InChI=1S/C19H14FNO3S/c20-16-7-3-1-5-13(16)11-24-19(23)15-6-2-4-8-17(15)21-18(22)14-9-10-25-12-14/h1-10,12H,11H2,(H,21,22). The molecule has 25 heavy (non-hydrogen) atoms. The van der Waals surface area contributed by atoms with Crippen LogP contribution in [0.1, 0.15) is 26.3 Å². The summed E-state index contributed by atoms with van der Waals surface area (Å²) in [5, 5.41) is 6.21. The molecule has 0 saturated heterocycles. The number of nitrogens with one attached hydrogen (secondary N) is 1. The summed E-state index contributed by atoms with van der Waals surface area (Å²) in [6.45, 7) is -0.182. The Morgan fingerprint density at radius 3 is 2.56 bits per heavy atom.